The van der Waals surface area contributed by atoms with E-state index in [1.807, 2.05) is 12.1 Å². The Hall–Kier alpha value is 0.0700. The highest BCUT2D eigenvalue weighted by atomic mass is 79.9. The van der Waals surface area contributed by atoms with Crippen LogP contribution in [0.15, 0.2) is 21.2 Å². The van der Waals surface area contributed by atoms with E-state index in [4.69, 9.17) is 4.42 Å². The molecule has 1 N–H and O–H groups in total. The molecule has 0 radical (unpaired) electrons. The average Bonchev–Trinajstić information content (AvgIpc) is 2.66. The van der Waals surface area contributed by atoms with E-state index in [1.54, 1.807) is 0 Å². The molecule has 1 aliphatic heterocycles. The highest BCUT2D eigenvalue weighted by Crippen LogP contribution is 2.22. The normalized spacial score (nSPS) is 18.2. The Labute approximate surface area is 103 Å². The van der Waals surface area contributed by atoms with Gasteiger partial charge in [0.15, 0.2) is 4.67 Å². The van der Waals surface area contributed by atoms with Crippen LogP contribution in [0.25, 0.3) is 0 Å². The molecule has 1 aliphatic rings. The minimum Gasteiger partial charge on any atom is -0.453 e. The maximum absolute atomic E-state index is 5.42. The molecule has 2 heterocycles. The van der Waals surface area contributed by atoms with Gasteiger partial charge in [-0.3, -0.25) is 0 Å². The van der Waals surface area contributed by atoms with E-state index < -0.39 is 0 Å². The van der Waals surface area contributed by atoms with Crippen molar-refractivity contribution in [3.05, 3.63) is 22.6 Å². The molecule has 1 fully saturated rings. The Morgan fingerprint density at radius 3 is 2.87 bits per heavy atom. The molecule has 0 spiro atoms. The third-order valence-corrected chi connectivity index (χ3v) is 4.18. The fourth-order valence-electron chi connectivity index (χ4n) is 1.80. The zero-order valence-electron chi connectivity index (χ0n) is 8.67. The molecule has 1 saturated heterocycles. The summed E-state index contributed by atoms with van der Waals surface area (Å²) in [6.45, 7) is 1.97. The van der Waals surface area contributed by atoms with E-state index in [2.05, 4.69) is 33.0 Å². The molecule has 1 aromatic rings. The van der Waals surface area contributed by atoms with Gasteiger partial charge >= 0.3 is 0 Å². The van der Waals surface area contributed by atoms with E-state index >= 15 is 0 Å². The molecule has 0 aliphatic carbocycles. The number of rotatable bonds is 4. The molecule has 1 aromatic heterocycles. The SMILES string of the molecule is Brc1ccc(CNCC2CCSCC2)o1. The van der Waals surface area contributed by atoms with E-state index in [9.17, 15) is 0 Å². The molecule has 4 heteroatoms. The first kappa shape index (κ1) is 11.6. The fourth-order valence-corrected chi connectivity index (χ4v) is 3.34. The van der Waals surface area contributed by atoms with E-state index in [0.29, 0.717) is 0 Å². The van der Waals surface area contributed by atoms with Crippen LogP contribution in [0.3, 0.4) is 0 Å². The predicted octanol–water partition coefficient (Wildman–Crippen LogP) is 3.27. The van der Waals surface area contributed by atoms with Gasteiger partial charge in [0.05, 0.1) is 6.54 Å². The van der Waals surface area contributed by atoms with Crippen LogP contribution >= 0.6 is 27.7 Å². The topological polar surface area (TPSA) is 25.2 Å². The molecule has 0 unspecified atom stereocenters. The summed E-state index contributed by atoms with van der Waals surface area (Å²) in [7, 11) is 0. The van der Waals surface area contributed by atoms with E-state index in [1.165, 1.54) is 24.3 Å². The smallest absolute Gasteiger partial charge is 0.169 e. The monoisotopic (exact) mass is 289 g/mol. The van der Waals surface area contributed by atoms with Crippen molar-refractivity contribution in [3.63, 3.8) is 0 Å². The summed E-state index contributed by atoms with van der Waals surface area (Å²) in [6.07, 6.45) is 2.72. The van der Waals surface area contributed by atoms with Crippen molar-refractivity contribution in [1.82, 2.24) is 5.32 Å². The Morgan fingerprint density at radius 2 is 2.20 bits per heavy atom. The molecule has 0 bridgehead atoms. The zero-order valence-corrected chi connectivity index (χ0v) is 11.1. The molecule has 15 heavy (non-hydrogen) atoms. The second-order valence-electron chi connectivity index (χ2n) is 3.89. The van der Waals surface area contributed by atoms with Crippen LogP contribution in [0.5, 0.6) is 0 Å². The Kier molecular flexibility index (Phi) is 4.60. The summed E-state index contributed by atoms with van der Waals surface area (Å²) in [6, 6.07) is 3.95. The van der Waals surface area contributed by atoms with Crippen LogP contribution in [0.2, 0.25) is 0 Å². The number of nitrogens with one attached hydrogen (secondary N) is 1. The van der Waals surface area contributed by atoms with E-state index in [-0.39, 0.29) is 0 Å². The third-order valence-electron chi connectivity index (χ3n) is 2.70. The van der Waals surface area contributed by atoms with Gasteiger partial charge in [-0.25, -0.2) is 0 Å². The standard InChI is InChI=1S/C11H16BrNOS/c12-11-2-1-10(14-11)8-13-7-9-3-5-15-6-4-9/h1-2,9,13H,3-8H2. The molecule has 0 saturated carbocycles. The third kappa shape index (κ3) is 3.85. The summed E-state index contributed by atoms with van der Waals surface area (Å²) in [5, 5.41) is 3.46. The lowest BCUT2D eigenvalue weighted by Gasteiger charge is -2.21. The Bertz CT molecular complexity index is 297. The van der Waals surface area contributed by atoms with Crippen LogP contribution in [-0.2, 0) is 6.54 Å². The minimum atomic E-state index is 0.813. The first-order chi connectivity index (χ1) is 7.34. The molecular weight excluding hydrogens is 274 g/mol. The number of hydrogen-bond donors (Lipinski definition) is 1. The summed E-state index contributed by atoms with van der Waals surface area (Å²) in [4.78, 5) is 0. The van der Waals surface area contributed by atoms with Gasteiger partial charge in [0.25, 0.3) is 0 Å². The molecule has 84 valence electrons. The number of hydrogen-bond acceptors (Lipinski definition) is 3. The van der Waals surface area contributed by atoms with E-state index in [0.717, 1.165) is 29.4 Å². The molecule has 2 nitrogen and oxygen atoms in total. The van der Waals surface area contributed by atoms with Crippen molar-refractivity contribution in [2.45, 2.75) is 19.4 Å². The Balaban J connectivity index is 1.65. The molecular formula is C11H16BrNOS. The Morgan fingerprint density at radius 1 is 1.40 bits per heavy atom. The molecule has 0 atom stereocenters. The first-order valence-corrected chi connectivity index (χ1v) is 7.32. The lowest BCUT2D eigenvalue weighted by atomic mass is 10.0. The number of halogens is 1. The second kappa shape index (κ2) is 5.97. The minimum absolute atomic E-state index is 0.813. The van der Waals surface area contributed by atoms with Gasteiger partial charge in [-0.15, -0.1) is 0 Å². The van der Waals surface area contributed by atoms with Gasteiger partial charge in [0, 0.05) is 0 Å². The largest absolute Gasteiger partial charge is 0.453 e. The van der Waals surface area contributed by atoms with Crippen molar-refractivity contribution in [3.8, 4) is 0 Å². The van der Waals surface area contributed by atoms with Crippen LogP contribution in [0.1, 0.15) is 18.6 Å². The summed E-state index contributed by atoms with van der Waals surface area (Å²) in [5.74, 6) is 4.54. The average molecular weight is 290 g/mol. The zero-order chi connectivity index (χ0) is 10.5. The number of furan rings is 1. The van der Waals surface area contributed by atoms with Gasteiger partial charge in [0.2, 0.25) is 0 Å². The van der Waals surface area contributed by atoms with Gasteiger partial charge < -0.3 is 9.73 Å². The molecule has 0 amide bonds. The fraction of sp³-hybridized carbons (Fsp3) is 0.636. The van der Waals surface area contributed by atoms with Gasteiger partial charge in [0.1, 0.15) is 5.76 Å². The van der Waals surface area contributed by atoms with Crippen molar-refractivity contribution in [1.29, 1.82) is 0 Å². The predicted molar refractivity (Wildman–Crippen MR) is 68.2 cm³/mol. The van der Waals surface area contributed by atoms with Crippen molar-refractivity contribution >= 4 is 27.7 Å². The summed E-state index contributed by atoms with van der Waals surface area (Å²) >= 11 is 5.38. The van der Waals surface area contributed by atoms with Gasteiger partial charge in [-0.2, -0.15) is 11.8 Å². The van der Waals surface area contributed by atoms with Crippen LogP contribution in [0.4, 0.5) is 0 Å². The quantitative estimate of drug-likeness (QED) is 0.921. The molecule has 0 aromatic carbocycles. The summed E-state index contributed by atoms with van der Waals surface area (Å²) < 4.78 is 6.24. The number of thioether (sulfide) groups is 1. The highest BCUT2D eigenvalue weighted by Gasteiger charge is 2.12. The van der Waals surface area contributed by atoms with Crippen LogP contribution < -0.4 is 5.32 Å². The maximum Gasteiger partial charge on any atom is 0.169 e. The van der Waals surface area contributed by atoms with Crippen LogP contribution in [0, 0.1) is 5.92 Å². The van der Waals surface area contributed by atoms with Gasteiger partial charge in [-0.1, -0.05) is 0 Å². The molecule has 2 rings (SSSR count). The van der Waals surface area contributed by atoms with Crippen molar-refractivity contribution < 1.29 is 4.42 Å². The van der Waals surface area contributed by atoms with Crippen molar-refractivity contribution in [2.24, 2.45) is 5.92 Å². The maximum atomic E-state index is 5.42. The van der Waals surface area contributed by atoms with Crippen LogP contribution in [-0.4, -0.2) is 18.1 Å². The highest BCUT2D eigenvalue weighted by molar-refractivity contribution is 9.10. The lowest BCUT2D eigenvalue weighted by molar-refractivity contribution is 0.416. The van der Waals surface area contributed by atoms with Gasteiger partial charge in [-0.05, 0) is 64.9 Å². The lowest BCUT2D eigenvalue weighted by Crippen LogP contribution is -2.25. The summed E-state index contributed by atoms with van der Waals surface area (Å²) in [5.41, 5.74) is 0. The van der Waals surface area contributed by atoms with Crippen molar-refractivity contribution in [2.75, 3.05) is 18.1 Å². The first-order valence-electron chi connectivity index (χ1n) is 5.37. The second-order valence-corrected chi connectivity index (χ2v) is 5.90.